The van der Waals surface area contributed by atoms with E-state index in [4.69, 9.17) is 4.74 Å². The number of aliphatic hydroxyl groups excluding tert-OH is 1. The minimum absolute atomic E-state index is 0.0131. The number of amides is 1. The van der Waals surface area contributed by atoms with Crippen LogP contribution in [0.25, 0.3) is 0 Å². The number of carbonyl (C=O) groups is 1. The van der Waals surface area contributed by atoms with Crippen LogP contribution in [0.4, 0.5) is 13.2 Å². The Morgan fingerprint density at radius 1 is 1.33 bits per heavy atom. The Bertz CT molecular complexity index is 604. The molecule has 1 aromatic rings. The van der Waals surface area contributed by atoms with E-state index in [0.717, 1.165) is 38.4 Å². The van der Waals surface area contributed by atoms with Gasteiger partial charge in [0.05, 0.1) is 5.56 Å². The Labute approximate surface area is 157 Å². The van der Waals surface area contributed by atoms with Gasteiger partial charge in [-0.1, -0.05) is 12.1 Å². The maximum atomic E-state index is 12.9. The fraction of sp³-hybridized carbons (Fsp3) is 0.632. The van der Waals surface area contributed by atoms with Crippen molar-refractivity contribution >= 4 is 5.91 Å². The van der Waals surface area contributed by atoms with Crippen molar-refractivity contribution in [1.82, 2.24) is 10.2 Å². The third-order valence-corrected chi connectivity index (χ3v) is 4.76. The van der Waals surface area contributed by atoms with Gasteiger partial charge in [0.25, 0.3) is 0 Å². The third-order valence-electron chi connectivity index (χ3n) is 4.76. The smallest absolute Gasteiger partial charge is 0.419 e. The average Bonchev–Trinajstić information content (AvgIpc) is 2.64. The first kappa shape index (κ1) is 21.5. The predicted octanol–water partition coefficient (Wildman–Crippen LogP) is 2.68. The Morgan fingerprint density at radius 2 is 2.00 bits per heavy atom. The van der Waals surface area contributed by atoms with Crippen LogP contribution in [-0.2, 0) is 11.0 Å². The molecule has 1 aliphatic heterocycles. The van der Waals surface area contributed by atoms with Gasteiger partial charge in [-0.3, -0.25) is 4.79 Å². The summed E-state index contributed by atoms with van der Waals surface area (Å²) in [7, 11) is 1.58. The lowest BCUT2D eigenvalue weighted by Crippen LogP contribution is -2.37. The summed E-state index contributed by atoms with van der Waals surface area (Å²) < 4.78 is 43.9. The number of aliphatic hydroxyl groups is 1. The van der Waals surface area contributed by atoms with E-state index in [2.05, 4.69) is 5.32 Å². The van der Waals surface area contributed by atoms with Crippen LogP contribution in [0, 0.1) is 5.92 Å². The van der Waals surface area contributed by atoms with Gasteiger partial charge in [-0.25, -0.2) is 0 Å². The Balaban J connectivity index is 1.76. The number of carbonyl (C=O) groups excluding carboxylic acids is 1. The number of ether oxygens (including phenoxy) is 1. The minimum Gasteiger partial charge on any atom is -0.490 e. The van der Waals surface area contributed by atoms with Crippen molar-refractivity contribution < 1.29 is 27.8 Å². The number of likely N-dealkylation sites (N-methyl/N-ethyl adjacent to an activating group) is 1. The monoisotopic (exact) mass is 388 g/mol. The first-order valence-corrected chi connectivity index (χ1v) is 9.19. The molecule has 0 aromatic heterocycles. The summed E-state index contributed by atoms with van der Waals surface area (Å²) in [6.45, 7) is 1.65. The molecule has 0 radical (unpaired) electrons. The van der Waals surface area contributed by atoms with Crippen molar-refractivity contribution in [2.75, 3.05) is 33.3 Å². The molecule has 1 aliphatic rings. The molecule has 1 unspecified atom stereocenters. The van der Waals surface area contributed by atoms with Crippen molar-refractivity contribution in [3.05, 3.63) is 29.8 Å². The van der Waals surface area contributed by atoms with Crippen molar-refractivity contribution in [2.45, 2.75) is 38.0 Å². The largest absolute Gasteiger partial charge is 0.490 e. The molecule has 2 N–H and O–H groups in total. The van der Waals surface area contributed by atoms with Crippen molar-refractivity contribution in [1.29, 1.82) is 0 Å². The van der Waals surface area contributed by atoms with Gasteiger partial charge in [0.15, 0.2) is 0 Å². The van der Waals surface area contributed by atoms with E-state index in [9.17, 15) is 23.1 Å². The second-order valence-electron chi connectivity index (χ2n) is 6.97. The van der Waals surface area contributed by atoms with Crippen LogP contribution in [-0.4, -0.2) is 55.3 Å². The molecule has 5 nitrogen and oxygen atoms in total. The number of hydrogen-bond donors (Lipinski definition) is 2. The van der Waals surface area contributed by atoms with Crippen LogP contribution >= 0.6 is 0 Å². The minimum atomic E-state index is -4.52. The van der Waals surface area contributed by atoms with Gasteiger partial charge in [0.1, 0.15) is 18.5 Å². The van der Waals surface area contributed by atoms with Crippen molar-refractivity contribution in [2.24, 2.45) is 5.92 Å². The molecule has 8 heteroatoms. The molecule has 152 valence electrons. The third kappa shape index (κ3) is 7.03. The lowest BCUT2D eigenvalue weighted by Gasteiger charge is -2.25. The van der Waals surface area contributed by atoms with Crippen LogP contribution < -0.4 is 10.1 Å². The molecule has 1 heterocycles. The number of nitrogens with one attached hydrogen (secondary N) is 1. The predicted molar refractivity (Wildman–Crippen MR) is 95.4 cm³/mol. The van der Waals surface area contributed by atoms with Gasteiger partial charge >= 0.3 is 6.18 Å². The fourth-order valence-corrected chi connectivity index (χ4v) is 3.17. The molecule has 1 amide bonds. The molecule has 1 atom stereocenters. The molecule has 27 heavy (non-hydrogen) atoms. The van der Waals surface area contributed by atoms with Gasteiger partial charge in [-0.05, 0) is 50.4 Å². The number of piperidine rings is 1. The standard InChI is InChI=1S/C19H27F3N2O3/c1-24(18(26)7-6-14-8-10-23-11-9-14)12-15(25)13-27-17-5-3-2-4-16(17)19(20,21)22/h2-5,14-15,23,25H,6-13H2,1H3. The van der Waals surface area contributed by atoms with Gasteiger partial charge < -0.3 is 20.1 Å². The number of halogens is 3. The number of para-hydroxylation sites is 1. The molecule has 0 spiro atoms. The summed E-state index contributed by atoms with van der Waals surface area (Å²) in [6, 6.07) is 4.86. The first-order chi connectivity index (χ1) is 12.8. The highest BCUT2D eigenvalue weighted by Gasteiger charge is 2.34. The topological polar surface area (TPSA) is 61.8 Å². The molecule has 0 bridgehead atoms. The molecular formula is C19H27F3N2O3. The zero-order chi connectivity index (χ0) is 19.9. The zero-order valence-electron chi connectivity index (χ0n) is 15.5. The van der Waals surface area contributed by atoms with Crippen molar-refractivity contribution in [3.63, 3.8) is 0 Å². The lowest BCUT2D eigenvalue weighted by atomic mass is 9.93. The van der Waals surface area contributed by atoms with E-state index >= 15 is 0 Å². The zero-order valence-corrected chi connectivity index (χ0v) is 15.5. The molecule has 0 aliphatic carbocycles. The van der Waals surface area contributed by atoms with Crippen LogP contribution in [0.15, 0.2) is 24.3 Å². The van der Waals surface area contributed by atoms with E-state index in [0.29, 0.717) is 12.3 Å². The van der Waals surface area contributed by atoms with Crippen LogP contribution in [0.5, 0.6) is 5.75 Å². The fourth-order valence-electron chi connectivity index (χ4n) is 3.17. The van der Waals surface area contributed by atoms with Crippen LogP contribution in [0.3, 0.4) is 0 Å². The van der Waals surface area contributed by atoms with Gasteiger partial charge in [0, 0.05) is 20.0 Å². The van der Waals surface area contributed by atoms with Crippen molar-refractivity contribution in [3.8, 4) is 5.75 Å². The number of benzene rings is 1. The second-order valence-corrected chi connectivity index (χ2v) is 6.97. The normalized spacial score (nSPS) is 16.8. The number of rotatable bonds is 8. The Kier molecular flexibility index (Phi) is 7.91. The van der Waals surface area contributed by atoms with Crippen LogP contribution in [0.2, 0.25) is 0 Å². The highest BCUT2D eigenvalue weighted by Crippen LogP contribution is 2.35. The Morgan fingerprint density at radius 3 is 2.67 bits per heavy atom. The van der Waals surface area contributed by atoms with E-state index in [1.807, 2.05) is 0 Å². The molecule has 1 aromatic carbocycles. The van der Waals surface area contributed by atoms with Gasteiger partial charge in [-0.2, -0.15) is 13.2 Å². The maximum absolute atomic E-state index is 12.9. The highest BCUT2D eigenvalue weighted by atomic mass is 19.4. The van der Waals surface area contributed by atoms with E-state index in [-0.39, 0.29) is 24.8 Å². The molecule has 2 rings (SSSR count). The van der Waals surface area contributed by atoms with E-state index in [1.165, 1.54) is 23.1 Å². The summed E-state index contributed by atoms with van der Waals surface area (Å²) in [4.78, 5) is 13.6. The summed E-state index contributed by atoms with van der Waals surface area (Å²) in [5.41, 5.74) is -0.886. The number of nitrogens with zero attached hydrogens (tertiary/aromatic N) is 1. The molecular weight excluding hydrogens is 361 g/mol. The Hall–Kier alpha value is -1.80. The maximum Gasteiger partial charge on any atom is 0.419 e. The first-order valence-electron chi connectivity index (χ1n) is 9.19. The molecule has 0 saturated carbocycles. The van der Waals surface area contributed by atoms with Gasteiger partial charge in [-0.15, -0.1) is 0 Å². The highest BCUT2D eigenvalue weighted by molar-refractivity contribution is 5.75. The SMILES string of the molecule is CN(CC(O)COc1ccccc1C(F)(F)F)C(=O)CCC1CCNCC1. The molecule has 1 saturated heterocycles. The molecule has 1 fully saturated rings. The number of hydrogen-bond acceptors (Lipinski definition) is 4. The number of alkyl halides is 3. The lowest BCUT2D eigenvalue weighted by molar-refractivity contribution is -0.139. The summed E-state index contributed by atoms with van der Waals surface area (Å²) in [5.74, 6) is 0.128. The summed E-state index contributed by atoms with van der Waals surface area (Å²) in [6.07, 6.45) is -2.25. The van der Waals surface area contributed by atoms with Gasteiger partial charge in [0.2, 0.25) is 5.91 Å². The average molecular weight is 388 g/mol. The second kappa shape index (κ2) is 9.94. The van der Waals surface area contributed by atoms with E-state index < -0.39 is 17.8 Å². The van der Waals surface area contributed by atoms with Crippen LogP contribution in [0.1, 0.15) is 31.2 Å². The quantitative estimate of drug-likeness (QED) is 0.719. The summed E-state index contributed by atoms with van der Waals surface area (Å²) >= 11 is 0. The summed E-state index contributed by atoms with van der Waals surface area (Å²) in [5, 5.41) is 13.3. The van der Waals surface area contributed by atoms with E-state index in [1.54, 1.807) is 7.05 Å².